The molecule has 1 rings (SSSR count). The van der Waals surface area contributed by atoms with Crippen LogP contribution >= 0.6 is 0 Å². The average molecular weight is 188 g/mol. The van der Waals surface area contributed by atoms with Crippen molar-refractivity contribution < 1.29 is 14.3 Å². The van der Waals surface area contributed by atoms with Crippen molar-refractivity contribution in [3.63, 3.8) is 0 Å². The molecule has 1 fully saturated rings. The van der Waals surface area contributed by atoms with Gasteiger partial charge in [0, 0.05) is 0 Å². The van der Waals surface area contributed by atoms with E-state index in [0.29, 0.717) is 12.3 Å². The molecule has 3 unspecified atom stereocenters. The van der Waals surface area contributed by atoms with E-state index >= 15 is 0 Å². The van der Waals surface area contributed by atoms with Gasteiger partial charge in [0.25, 0.3) is 0 Å². The number of rotatable bonds is 2. The second-order valence-corrected chi connectivity index (χ2v) is 4.26. The topological polar surface area (TPSA) is 37.3 Å². The lowest BCUT2D eigenvalue weighted by molar-refractivity contribution is -0.146. The van der Waals surface area contributed by atoms with Crippen molar-refractivity contribution in [2.45, 2.75) is 39.3 Å². The molecule has 2 nitrogen and oxygen atoms in total. The van der Waals surface area contributed by atoms with Crippen molar-refractivity contribution in [1.82, 2.24) is 0 Å². The quantitative estimate of drug-likeness (QED) is 0.722. The van der Waals surface area contributed by atoms with Gasteiger partial charge in [-0.3, -0.25) is 4.79 Å². The van der Waals surface area contributed by atoms with Crippen LogP contribution in [0.2, 0.25) is 0 Å². The molecule has 0 saturated heterocycles. The first kappa shape index (κ1) is 10.5. The van der Waals surface area contributed by atoms with Gasteiger partial charge in [-0.15, -0.1) is 0 Å². The predicted molar refractivity (Wildman–Crippen MR) is 48.2 cm³/mol. The number of carboxylic acids is 1. The summed E-state index contributed by atoms with van der Waals surface area (Å²) in [5.74, 6) is -0.803. The van der Waals surface area contributed by atoms with Crippen LogP contribution in [0, 0.1) is 17.8 Å². The van der Waals surface area contributed by atoms with E-state index < -0.39 is 18.1 Å². The highest BCUT2D eigenvalue weighted by Crippen LogP contribution is 2.36. The van der Waals surface area contributed by atoms with Crippen LogP contribution in [0.3, 0.4) is 0 Å². The zero-order valence-corrected chi connectivity index (χ0v) is 8.16. The van der Waals surface area contributed by atoms with Crippen LogP contribution in [0.1, 0.15) is 33.1 Å². The molecule has 13 heavy (non-hydrogen) atoms. The van der Waals surface area contributed by atoms with Gasteiger partial charge in [0.1, 0.15) is 6.17 Å². The van der Waals surface area contributed by atoms with E-state index in [0.717, 1.165) is 6.42 Å². The molecule has 0 aliphatic heterocycles. The number of carboxylic acid groups (broad SMARTS) is 1. The van der Waals surface area contributed by atoms with Crippen LogP contribution in [0.5, 0.6) is 0 Å². The number of carbonyl (C=O) groups is 1. The smallest absolute Gasteiger partial charge is 0.306 e. The van der Waals surface area contributed by atoms with Gasteiger partial charge in [-0.1, -0.05) is 13.8 Å². The summed E-state index contributed by atoms with van der Waals surface area (Å²) in [4.78, 5) is 10.8. The third-order valence-electron chi connectivity index (χ3n) is 3.01. The molecule has 1 N–H and O–H groups in total. The van der Waals surface area contributed by atoms with Crippen LogP contribution in [-0.2, 0) is 4.79 Å². The summed E-state index contributed by atoms with van der Waals surface area (Å²) in [5, 5.41) is 8.91. The minimum absolute atomic E-state index is 0.157. The summed E-state index contributed by atoms with van der Waals surface area (Å²) in [6.07, 6.45) is 0.553. The lowest BCUT2D eigenvalue weighted by Gasteiger charge is -2.33. The highest BCUT2D eigenvalue weighted by atomic mass is 19.1. The van der Waals surface area contributed by atoms with Gasteiger partial charge < -0.3 is 5.11 Å². The first-order valence-electron chi connectivity index (χ1n) is 4.89. The zero-order valence-electron chi connectivity index (χ0n) is 8.16. The van der Waals surface area contributed by atoms with Crippen molar-refractivity contribution in [2.75, 3.05) is 0 Å². The Morgan fingerprint density at radius 3 is 2.54 bits per heavy atom. The maximum absolute atomic E-state index is 13.0. The van der Waals surface area contributed by atoms with Crippen molar-refractivity contribution in [1.29, 1.82) is 0 Å². The van der Waals surface area contributed by atoms with Crippen LogP contribution in [-0.4, -0.2) is 17.2 Å². The van der Waals surface area contributed by atoms with E-state index in [4.69, 9.17) is 5.11 Å². The first-order chi connectivity index (χ1) is 6.02. The molecule has 0 radical (unpaired) electrons. The number of alkyl halides is 1. The van der Waals surface area contributed by atoms with Crippen LogP contribution in [0.15, 0.2) is 0 Å². The fourth-order valence-corrected chi connectivity index (χ4v) is 2.22. The van der Waals surface area contributed by atoms with Crippen molar-refractivity contribution >= 4 is 5.97 Å². The molecule has 3 atom stereocenters. The Kier molecular flexibility index (Phi) is 3.28. The van der Waals surface area contributed by atoms with Crippen molar-refractivity contribution in [3.05, 3.63) is 0 Å². The molecule has 0 aromatic heterocycles. The normalized spacial score (nSPS) is 34.9. The molecule has 76 valence electrons. The molecule has 0 aromatic carbocycles. The Bertz CT molecular complexity index is 191. The summed E-state index contributed by atoms with van der Waals surface area (Å²) in [7, 11) is 0. The molecular weight excluding hydrogens is 171 g/mol. The zero-order chi connectivity index (χ0) is 10.0. The maximum Gasteiger partial charge on any atom is 0.306 e. The molecule has 0 bridgehead atoms. The molecule has 3 heteroatoms. The predicted octanol–water partition coefficient (Wildman–Crippen LogP) is 2.48. The summed E-state index contributed by atoms with van der Waals surface area (Å²) in [6, 6.07) is 0. The molecule has 0 amide bonds. The lowest BCUT2D eigenvalue weighted by Crippen LogP contribution is -2.34. The number of halogens is 1. The Labute approximate surface area is 78.1 Å². The fourth-order valence-electron chi connectivity index (χ4n) is 2.22. The van der Waals surface area contributed by atoms with Gasteiger partial charge in [0.2, 0.25) is 0 Å². The van der Waals surface area contributed by atoms with E-state index in [2.05, 4.69) is 0 Å². The average Bonchev–Trinajstić information content (AvgIpc) is 2.03. The van der Waals surface area contributed by atoms with Gasteiger partial charge in [-0.05, 0) is 31.1 Å². The lowest BCUT2D eigenvalue weighted by atomic mass is 9.73. The second kappa shape index (κ2) is 4.07. The molecule has 0 spiro atoms. The standard InChI is InChI=1S/C10H17FO2/c1-6(2)8-4-3-7(11)5-9(8)10(12)13/h6-9H,3-5H2,1-2H3,(H,12,13). The number of hydrogen-bond donors (Lipinski definition) is 1. The fraction of sp³-hybridized carbons (Fsp3) is 0.900. The van der Waals surface area contributed by atoms with Crippen LogP contribution < -0.4 is 0 Å². The van der Waals surface area contributed by atoms with E-state index in [-0.39, 0.29) is 12.3 Å². The Balaban J connectivity index is 2.66. The molecular formula is C10H17FO2. The van der Waals surface area contributed by atoms with Crippen molar-refractivity contribution in [2.24, 2.45) is 17.8 Å². The molecule has 0 aromatic rings. The van der Waals surface area contributed by atoms with Gasteiger partial charge in [-0.25, -0.2) is 4.39 Å². The third-order valence-corrected chi connectivity index (χ3v) is 3.01. The molecule has 1 saturated carbocycles. The highest BCUT2D eigenvalue weighted by molar-refractivity contribution is 5.70. The van der Waals surface area contributed by atoms with E-state index in [1.54, 1.807) is 0 Å². The Morgan fingerprint density at radius 2 is 2.08 bits per heavy atom. The van der Waals surface area contributed by atoms with Crippen molar-refractivity contribution in [3.8, 4) is 0 Å². The number of hydrogen-bond acceptors (Lipinski definition) is 1. The molecule has 1 aliphatic rings. The molecule has 0 heterocycles. The molecule has 1 aliphatic carbocycles. The summed E-state index contributed by atoms with van der Waals surface area (Å²) >= 11 is 0. The van der Waals surface area contributed by atoms with Crippen LogP contribution in [0.25, 0.3) is 0 Å². The first-order valence-corrected chi connectivity index (χ1v) is 4.89. The van der Waals surface area contributed by atoms with Gasteiger partial charge in [0.05, 0.1) is 5.92 Å². The van der Waals surface area contributed by atoms with Gasteiger partial charge in [0.15, 0.2) is 0 Å². The SMILES string of the molecule is CC(C)C1CCC(F)CC1C(=O)O. The third kappa shape index (κ3) is 2.42. The second-order valence-electron chi connectivity index (χ2n) is 4.26. The maximum atomic E-state index is 13.0. The van der Waals surface area contributed by atoms with Gasteiger partial charge in [-0.2, -0.15) is 0 Å². The summed E-state index contributed by atoms with van der Waals surface area (Å²) in [6.45, 7) is 4.03. The van der Waals surface area contributed by atoms with Gasteiger partial charge >= 0.3 is 5.97 Å². The van der Waals surface area contributed by atoms with E-state index in [1.165, 1.54) is 0 Å². The van der Waals surface area contributed by atoms with E-state index in [1.807, 2.05) is 13.8 Å². The van der Waals surface area contributed by atoms with Crippen LogP contribution in [0.4, 0.5) is 4.39 Å². The summed E-state index contributed by atoms with van der Waals surface area (Å²) < 4.78 is 13.0. The minimum atomic E-state index is -0.906. The number of aliphatic carboxylic acids is 1. The highest BCUT2D eigenvalue weighted by Gasteiger charge is 2.36. The monoisotopic (exact) mass is 188 g/mol. The largest absolute Gasteiger partial charge is 0.481 e. The van der Waals surface area contributed by atoms with E-state index in [9.17, 15) is 9.18 Å². The Morgan fingerprint density at radius 1 is 1.46 bits per heavy atom. The Hall–Kier alpha value is -0.600. The minimum Gasteiger partial charge on any atom is -0.481 e. The summed E-state index contributed by atoms with van der Waals surface area (Å²) in [5.41, 5.74) is 0.